The molecule has 3 rings (SSSR count). The number of aliphatic hydroxyl groups is 1. The normalized spacial score (nSPS) is 19.8. The van der Waals surface area contributed by atoms with Crippen LogP contribution in [0.25, 0.3) is 0 Å². The highest BCUT2D eigenvalue weighted by Crippen LogP contribution is 2.33. The fourth-order valence-electron chi connectivity index (χ4n) is 3.27. The number of benzene rings is 2. The van der Waals surface area contributed by atoms with Crippen LogP contribution in [0.5, 0.6) is 0 Å². The molecule has 0 aliphatic carbocycles. The zero-order chi connectivity index (χ0) is 18.0. The molecular weight excluding hydrogens is 323 g/mol. The Labute approximate surface area is 144 Å². The van der Waals surface area contributed by atoms with Gasteiger partial charge < -0.3 is 15.7 Å². The fraction of sp³-hybridized carbons (Fsp3) is 0.263. The molecule has 0 spiro atoms. The number of primary amides is 1. The number of likely N-dealkylation sites (tertiary alicyclic amines) is 1. The summed E-state index contributed by atoms with van der Waals surface area (Å²) in [5, 5.41) is 10.0. The maximum Gasteiger partial charge on any atom is 0.248 e. The van der Waals surface area contributed by atoms with Gasteiger partial charge in [-0.05, 0) is 35.7 Å². The molecule has 25 heavy (non-hydrogen) atoms. The van der Waals surface area contributed by atoms with Gasteiger partial charge in [0.05, 0.1) is 18.6 Å². The van der Waals surface area contributed by atoms with Gasteiger partial charge in [0.15, 0.2) is 0 Å². The van der Waals surface area contributed by atoms with Crippen molar-refractivity contribution in [1.29, 1.82) is 0 Å². The van der Waals surface area contributed by atoms with Gasteiger partial charge in [0.1, 0.15) is 5.82 Å². The summed E-state index contributed by atoms with van der Waals surface area (Å²) in [5.74, 6) is -1.14. The molecule has 1 aliphatic rings. The van der Waals surface area contributed by atoms with Crippen molar-refractivity contribution in [2.24, 2.45) is 5.73 Å². The van der Waals surface area contributed by atoms with Crippen molar-refractivity contribution < 1.29 is 19.1 Å². The first-order valence-electron chi connectivity index (χ1n) is 8.06. The first kappa shape index (κ1) is 17.1. The van der Waals surface area contributed by atoms with Crippen LogP contribution in [0.4, 0.5) is 4.39 Å². The van der Waals surface area contributed by atoms with E-state index in [0.717, 1.165) is 5.56 Å². The minimum absolute atomic E-state index is 0.0174. The monoisotopic (exact) mass is 342 g/mol. The van der Waals surface area contributed by atoms with E-state index in [1.807, 2.05) is 0 Å². The van der Waals surface area contributed by atoms with Crippen LogP contribution < -0.4 is 5.73 Å². The Morgan fingerprint density at radius 3 is 2.52 bits per heavy atom. The van der Waals surface area contributed by atoms with Crippen LogP contribution >= 0.6 is 0 Å². The van der Waals surface area contributed by atoms with E-state index >= 15 is 0 Å². The third-order valence-electron chi connectivity index (χ3n) is 4.48. The standard InChI is InChI=1S/C19H19FN2O3/c20-14-7-5-12(6-8-14)17-10-15(23)11-22(17)18(24)9-13-3-1-2-4-16(13)19(21)25/h1-8,15,17,23H,9-11H2,(H2,21,25)/t15-,17-/m1/s1. The van der Waals surface area contributed by atoms with Gasteiger partial charge in [-0.2, -0.15) is 0 Å². The molecule has 2 amide bonds. The van der Waals surface area contributed by atoms with Crippen molar-refractivity contribution in [3.8, 4) is 0 Å². The summed E-state index contributed by atoms with van der Waals surface area (Å²) in [6, 6.07) is 12.3. The highest BCUT2D eigenvalue weighted by Gasteiger charge is 2.35. The predicted molar refractivity (Wildman–Crippen MR) is 90.1 cm³/mol. The Kier molecular flexibility index (Phi) is 4.81. The van der Waals surface area contributed by atoms with E-state index in [1.165, 1.54) is 12.1 Å². The molecule has 1 fully saturated rings. The largest absolute Gasteiger partial charge is 0.391 e. The van der Waals surface area contributed by atoms with E-state index in [1.54, 1.807) is 41.3 Å². The lowest BCUT2D eigenvalue weighted by atomic mass is 10.0. The molecule has 1 heterocycles. The van der Waals surface area contributed by atoms with Gasteiger partial charge in [-0.25, -0.2) is 4.39 Å². The highest BCUT2D eigenvalue weighted by molar-refractivity contribution is 5.95. The van der Waals surface area contributed by atoms with Gasteiger partial charge >= 0.3 is 0 Å². The molecular formula is C19H19FN2O3. The van der Waals surface area contributed by atoms with E-state index in [9.17, 15) is 19.1 Å². The third-order valence-corrected chi connectivity index (χ3v) is 4.48. The zero-order valence-corrected chi connectivity index (χ0v) is 13.6. The predicted octanol–water partition coefficient (Wildman–Crippen LogP) is 1.80. The number of β-amino-alcohol motifs (C(OH)–C–C–N with tert-alkyl or cyclic N) is 1. The molecule has 2 aromatic carbocycles. The van der Waals surface area contributed by atoms with Gasteiger partial charge in [0.2, 0.25) is 11.8 Å². The van der Waals surface area contributed by atoms with E-state index in [-0.39, 0.29) is 30.7 Å². The molecule has 0 radical (unpaired) electrons. The number of hydrogen-bond acceptors (Lipinski definition) is 3. The van der Waals surface area contributed by atoms with Crippen LogP contribution in [0.15, 0.2) is 48.5 Å². The summed E-state index contributed by atoms with van der Waals surface area (Å²) >= 11 is 0. The highest BCUT2D eigenvalue weighted by atomic mass is 19.1. The minimum Gasteiger partial charge on any atom is -0.391 e. The van der Waals surface area contributed by atoms with E-state index in [4.69, 9.17) is 5.73 Å². The van der Waals surface area contributed by atoms with Crippen molar-refractivity contribution in [2.75, 3.05) is 6.54 Å². The summed E-state index contributed by atoms with van der Waals surface area (Å²) in [5.41, 5.74) is 7.00. The lowest BCUT2D eigenvalue weighted by Gasteiger charge is -2.25. The Morgan fingerprint density at radius 2 is 1.84 bits per heavy atom. The van der Waals surface area contributed by atoms with E-state index < -0.39 is 12.0 Å². The van der Waals surface area contributed by atoms with Gasteiger partial charge in [-0.1, -0.05) is 30.3 Å². The Morgan fingerprint density at radius 1 is 1.16 bits per heavy atom. The second kappa shape index (κ2) is 7.03. The summed E-state index contributed by atoms with van der Waals surface area (Å²) in [6.45, 7) is 0.208. The van der Waals surface area contributed by atoms with Crippen LogP contribution in [0, 0.1) is 5.82 Å². The van der Waals surface area contributed by atoms with E-state index in [0.29, 0.717) is 17.5 Å². The zero-order valence-electron chi connectivity index (χ0n) is 13.6. The second-order valence-electron chi connectivity index (χ2n) is 6.20. The molecule has 0 unspecified atom stereocenters. The van der Waals surface area contributed by atoms with Gasteiger partial charge in [-0.15, -0.1) is 0 Å². The molecule has 6 heteroatoms. The van der Waals surface area contributed by atoms with Crippen molar-refractivity contribution in [2.45, 2.75) is 25.0 Å². The number of hydrogen-bond donors (Lipinski definition) is 2. The molecule has 1 aliphatic heterocycles. The average molecular weight is 342 g/mol. The SMILES string of the molecule is NC(=O)c1ccccc1CC(=O)N1C[C@H](O)C[C@@H]1c1ccc(F)cc1. The van der Waals surface area contributed by atoms with Crippen LogP contribution in [0.2, 0.25) is 0 Å². The number of halogens is 1. The summed E-state index contributed by atoms with van der Waals surface area (Å²) in [7, 11) is 0. The third kappa shape index (κ3) is 3.69. The molecule has 3 N–H and O–H groups in total. The van der Waals surface area contributed by atoms with Crippen molar-refractivity contribution in [1.82, 2.24) is 4.90 Å². The molecule has 2 atom stereocenters. The van der Waals surface area contributed by atoms with Crippen LogP contribution in [0.1, 0.15) is 33.9 Å². The number of carbonyl (C=O) groups is 2. The van der Waals surface area contributed by atoms with Crippen LogP contribution in [-0.4, -0.2) is 34.5 Å². The van der Waals surface area contributed by atoms with Crippen molar-refractivity contribution in [3.05, 3.63) is 71.0 Å². The maximum atomic E-state index is 13.1. The number of carbonyl (C=O) groups excluding carboxylic acids is 2. The molecule has 0 aromatic heterocycles. The fourth-order valence-corrected chi connectivity index (χ4v) is 3.27. The van der Waals surface area contributed by atoms with E-state index in [2.05, 4.69) is 0 Å². The molecule has 130 valence electrons. The average Bonchev–Trinajstić information content (AvgIpc) is 2.98. The molecule has 2 aromatic rings. The topological polar surface area (TPSA) is 83.6 Å². The van der Waals surface area contributed by atoms with Gasteiger partial charge in [-0.3, -0.25) is 9.59 Å². The number of aliphatic hydroxyl groups excluding tert-OH is 1. The molecule has 0 saturated carbocycles. The molecule has 0 bridgehead atoms. The molecule has 1 saturated heterocycles. The number of nitrogens with zero attached hydrogens (tertiary/aromatic N) is 1. The second-order valence-corrected chi connectivity index (χ2v) is 6.20. The minimum atomic E-state index is -0.634. The number of amides is 2. The van der Waals surface area contributed by atoms with Crippen LogP contribution in [0.3, 0.4) is 0 Å². The smallest absolute Gasteiger partial charge is 0.248 e. The molecule has 5 nitrogen and oxygen atoms in total. The summed E-state index contributed by atoms with van der Waals surface area (Å²) < 4.78 is 13.1. The van der Waals surface area contributed by atoms with Gasteiger partial charge in [0, 0.05) is 12.1 Å². The van der Waals surface area contributed by atoms with Crippen LogP contribution in [-0.2, 0) is 11.2 Å². The van der Waals surface area contributed by atoms with Crippen molar-refractivity contribution in [3.63, 3.8) is 0 Å². The first-order chi connectivity index (χ1) is 12.0. The lowest BCUT2D eigenvalue weighted by molar-refractivity contribution is -0.131. The van der Waals surface area contributed by atoms with Gasteiger partial charge in [0.25, 0.3) is 0 Å². The maximum absolute atomic E-state index is 13.1. The number of rotatable bonds is 4. The lowest BCUT2D eigenvalue weighted by Crippen LogP contribution is -2.33. The Hall–Kier alpha value is -2.73. The number of nitrogens with two attached hydrogens (primary N) is 1. The summed E-state index contributed by atoms with van der Waals surface area (Å²) in [4.78, 5) is 25.9. The first-order valence-corrected chi connectivity index (χ1v) is 8.06. The summed E-state index contributed by atoms with van der Waals surface area (Å²) in [6.07, 6.45) is -0.219. The quantitative estimate of drug-likeness (QED) is 0.889. The Bertz CT molecular complexity index is 792. The Balaban J connectivity index is 1.83. The van der Waals surface area contributed by atoms with Crippen molar-refractivity contribution >= 4 is 11.8 Å².